The predicted octanol–water partition coefficient (Wildman–Crippen LogP) is 6.46. The van der Waals surface area contributed by atoms with Crippen molar-refractivity contribution in [3.63, 3.8) is 0 Å². The summed E-state index contributed by atoms with van der Waals surface area (Å²) in [5.41, 5.74) is -0.294. The number of hydrogen-bond donors (Lipinski definition) is 1. The van der Waals surface area contributed by atoms with Gasteiger partial charge in [0.15, 0.2) is 0 Å². The Morgan fingerprint density at radius 1 is 0.932 bits per heavy atom. The number of amides is 2. The first-order valence-electron chi connectivity index (χ1n) is 14.0. The largest absolute Gasteiger partial charge is 0.416 e. The lowest BCUT2D eigenvalue weighted by atomic mass is 10.00. The Morgan fingerprint density at radius 3 is 2.16 bits per heavy atom. The van der Waals surface area contributed by atoms with Crippen LogP contribution in [-0.4, -0.2) is 49.5 Å². The smallest absolute Gasteiger partial charge is 0.350 e. The Balaban J connectivity index is 1.93. The summed E-state index contributed by atoms with van der Waals surface area (Å²) in [6.45, 7) is 5.26. The highest BCUT2D eigenvalue weighted by Gasteiger charge is 2.34. The summed E-state index contributed by atoms with van der Waals surface area (Å²) < 4.78 is 66.0. The molecule has 2 amide bonds. The summed E-state index contributed by atoms with van der Waals surface area (Å²) in [4.78, 5) is 29.0. The molecule has 0 aliphatic heterocycles. The third kappa shape index (κ3) is 10.3. The van der Waals surface area contributed by atoms with Gasteiger partial charge in [-0.1, -0.05) is 66.2 Å². The Hall–Kier alpha value is -3.57. The second-order valence-electron chi connectivity index (χ2n) is 11.5. The van der Waals surface area contributed by atoms with Crippen molar-refractivity contribution in [3.8, 4) is 0 Å². The number of alkyl halides is 3. The van der Waals surface area contributed by atoms with Crippen LogP contribution in [0.15, 0.2) is 78.9 Å². The molecule has 1 N–H and O–H groups in total. The number of carbonyl (C=O) groups is 2. The van der Waals surface area contributed by atoms with E-state index in [-0.39, 0.29) is 43.9 Å². The molecule has 7 nitrogen and oxygen atoms in total. The van der Waals surface area contributed by atoms with Crippen molar-refractivity contribution in [2.24, 2.45) is 0 Å². The minimum absolute atomic E-state index is 0.0109. The molecular formula is C32H37ClF3N3O4S. The van der Waals surface area contributed by atoms with Crippen LogP contribution in [0.3, 0.4) is 0 Å². The quantitative estimate of drug-likeness (QED) is 0.244. The number of hydrogen-bond acceptors (Lipinski definition) is 4. The number of nitrogens with one attached hydrogen (secondary N) is 1. The van der Waals surface area contributed by atoms with Crippen molar-refractivity contribution in [3.05, 3.63) is 101 Å². The molecule has 0 aliphatic rings. The van der Waals surface area contributed by atoms with E-state index in [1.165, 1.54) is 11.0 Å². The van der Waals surface area contributed by atoms with Gasteiger partial charge in [-0.25, -0.2) is 8.42 Å². The minimum atomic E-state index is -4.66. The molecule has 3 aromatic rings. The van der Waals surface area contributed by atoms with Gasteiger partial charge in [0.2, 0.25) is 21.8 Å². The average Bonchev–Trinajstić information content (AvgIpc) is 2.92. The van der Waals surface area contributed by atoms with Crippen LogP contribution in [0.25, 0.3) is 0 Å². The van der Waals surface area contributed by atoms with Crippen molar-refractivity contribution in [2.45, 2.75) is 64.3 Å². The third-order valence-electron chi connectivity index (χ3n) is 6.68. The number of halogens is 4. The first kappa shape index (κ1) is 34.9. The molecule has 44 heavy (non-hydrogen) atoms. The molecule has 0 radical (unpaired) electrons. The molecule has 0 aliphatic carbocycles. The zero-order chi connectivity index (χ0) is 32.7. The van der Waals surface area contributed by atoms with Crippen molar-refractivity contribution in [2.75, 3.05) is 17.1 Å². The van der Waals surface area contributed by atoms with Crippen LogP contribution in [-0.2, 0) is 38.8 Å². The molecule has 0 spiro atoms. The van der Waals surface area contributed by atoms with E-state index >= 15 is 0 Å². The van der Waals surface area contributed by atoms with Crippen LogP contribution in [0.4, 0.5) is 18.9 Å². The van der Waals surface area contributed by atoms with Crippen LogP contribution in [0, 0.1) is 0 Å². The number of nitrogens with zero attached hydrogens (tertiary/aromatic N) is 2. The Kier molecular flexibility index (Phi) is 11.5. The van der Waals surface area contributed by atoms with E-state index in [2.05, 4.69) is 5.32 Å². The fourth-order valence-corrected chi connectivity index (χ4v) is 5.81. The first-order valence-corrected chi connectivity index (χ1v) is 16.2. The van der Waals surface area contributed by atoms with Gasteiger partial charge in [-0.2, -0.15) is 13.2 Å². The van der Waals surface area contributed by atoms with Crippen molar-refractivity contribution in [1.82, 2.24) is 10.2 Å². The van der Waals surface area contributed by atoms with E-state index in [0.29, 0.717) is 10.6 Å². The lowest BCUT2D eigenvalue weighted by Crippen LogP contribution is -2.54. The van der Waals surface area contributed by atoms with Gasteiger partial charge in [0.05, 0.1) is 17.5 Å². The summed E-state index contributed by atoms with van der Waals surface area (Å²) >= 11 is 6.44. The standard InChI is InChI=1S/C32H37ClF3N3O4S/c1-31(2,3)37-30(41)28(20-23-12-6-5-7-13-23)38(22-24-14-8-9-17-27(24)33)29(40)18-11-19-39(44(4,42)43)26-16-10-15-25(21-26)32(34,35)36/h5-10,12-17,21,28H,11,18-20,22H2,1-4H3,(H,37,41)/t28-/m1/s1. The summed E-state index contributed by atoms with van der Waals surface area (Å²) in [5, 5.41) is 3.37. The number of sulfonamides is 1. The molecule has 0 aromatic heterocycles. The van der Waals surface area contributed by atoms with Crippen LogP contribution in [0.1, 0.15) is 50.3 Å². The van der Waals surface area contributed by atoms with E-state index in [0.717, 1.165) is 34.3 Å². The highest BCUT2D eigenvalue weighted by molar-refractivity contribution is 7.92. The van der Waals surface area contributed by atoms with Gasteiger partial charge < -0.3 is 10.2 Å². The van der Waals surface area contributed by atoms with Crippen LogP contribution >= 0.6 is 11.6 Å². The molecule has 12 heteroatoms. The van der Waals surface area contributed by atoms with Crippen molar-refractivity contribution < 1.29 is 31.2 Å². The molecule has 0 unspecified atom stereocenters. The van der Waals surface area contributed by atoms with Gasteiger partial charge in [-0.3, -0.25) is 13.9 Å². The molecule has 238 valence electrons. The Morgan fingerprint density at radius 2 is 1.57 bits per heavy atom. The van der Waals surface area contributed by atoms with Crippen LogP contribution in [0.5, 0.6) is 0 Å². The maximum atomic E-state index is 13.9. The zero-order valence-electron chi connectivity index (χ0n) is 25.1. The second-order valence-corrected chi connectivity index (χ2v) is 13.9. The fraction of sp³-hybridized carbons (Fsp3) is 0.375. The summed E-state index contributed by atoms with van der Waals surface area (Å²) in [6, 6.07) is 19.3. The van der Waals surface area contributed by atoms with E-state index in [9.17, 15) is 31.2 Å². The zero-order valence-corrected chi connectivity index (χ0v) is 26.6. The average molecular weight is 652 g/mol. The molecule has 0 saturated heterocycles. The van der Waals surface area contributed by atoms with E-state index < -0.39 is 39.3 Å². The predicted molar refractivity (Wildman–Crippen MR) is 167 cm³/mol. The maximum Gasteiger partial charge on any atom is 0.416 e. The van der Waals surface area contributed by atoms with Crippen molar-refractivity contribution >= 4 is 39.1 Å². The molecule has 3 aromatic carbocycles. The molecular weight excluding hydrogens is 615 g/mol. The number of anilines is 1. The molecule has 1 atom stereocenters. The highest BCUT2D eigenvalue weighted by Crippen LogP contribution is 2.32. The topological polar surface area (TPSA) is 86.8 Å². The van der Waals surface area contributed by atoms with Gasteiger partial charge in [0.1, 0.15) is 6.04 Å². The van der Waals surface area contributed by atoms with Gasteiger partial charge in [0, 0.05) is 36.5 Å². The number of carbonyl (C=O) groups excluding carboxylic acids is 2. The van der Waals surface area contributed by atoms with Gasteiger partial charge in [0.25, 0.3) is 0 Å². The Labute approximate surface area is 262 Å². The van der Waals surface area contributed by atoms with E-state index in [1.807, 2.05) is 51.1 Å². The molecule has 0 bridgehead atoms. The monoisotopic (exact) mass is 651 g/mol. The molecule has 0 heterocycles. The maximum absolute atomic E-state index is 13.9. The second kappa shape index (κ2) is 14.5. The highest BCUT2D eigenvalue weighted by atomic mass is 35.5. The summed E-state index contributed by atoms with van der Waals surface area (Å²) in [6.07, 6.45) is -3.75. The number of rotatable bonds is 12. The minimum Gasteiger partial charge on any atom is -0.350 e. The SMILES string of the molecule is CC(C)(C)NC(=O)[C@@H](Cc1ccccc1)N(Cc1ccccc1Cl)C(=O)CCCN(c1cccc(C(F)(F)F)c1)S(C)(=O)=O. The normalized spacial score (nSPS) is 12.8. The lowest BCUT2D eigenvalue weighted by Gasteiger charge is -2.34. The van der Waals surface area contributed by atoms with Crippen LogP contribution < -0.4 is 9.62 Å². The fourth-order valence-electron chi connectivity index (χ4n) is 4.66. The lowest BCUT2D eigenvalue weighted by molar-refractivity contribution is -0.142. The summed E-state index contributed by atoms with van der Waals surface area (Å²) in [7, 11) is -3.98. The van der Waals surface area contributed by atoms with Crippen LogP contribution in [0.2, 0.25) is 5.02 Å². The number of benzene rings is 3. The Bertz CT molecular complexity index is 1540. The van der Waals surface area contributed by atoms with Gasteiger partial charge in [-0.05, 0) is 62.6 Å². The molecule has 0 saturated carbocycles. The van der Waals surface area contributed by atoms with Gasteiger partial charge >= 0.3 is 6.18 Å². The van der Waals surface area contributed by atoms with E-state index in [4.69, 9.17) is 11.6 Å². The summed E-state index contributed by atoms with van der Waals surface area (Å²) in [5.74, 6) is -0.809. The van der Waals surface area contributed by atoms with Gasteiger partial charge in [-0.15, -0.1) is 0 Å². The first-order chi connectivity index (χ1) is 20.5. The molecule has 0 fully saturated rings. The van der Waals surface area contributed by atoms with Crippen molar-refractivity contribution in [1.29, 1.82) is 0 Å². The third-order valence-corrected chi connectivity index (χ3v) is 8.24. The molecule has 3 rings (SSSR count). The van der Waals surface area contributed by atoms with E-state index in [1.54, 1.807) is 24.3 Å².